The Bertz CT molecular complexity index is 833. The van der Waals surface area contributed by atoms with Crippen molar-refractivity contribution in [3.63, 3.8) is 0 Å². The molecule has 2 aromatic heterocycles. The van der Waals surface area contributed by atoms with E-state index in [-0.39, 0.29) is 0 Å². The fraction of sp³-hybridized carbons (Fsp3) is 0.389. The smallest absolute Gasteiger partial charge is 0.0946 e. The van der Waals surface area contributed by atoms with Crippen molar-refractivity contribution in [2.45, 2.75) is 31.7 Å². The number of aromatic amines is 1. The van der Waals surface area contributed by atoms with Gasteiger partial charge in [-0.3, -0.25) is 0 Å². The molecule has 1 aliphatic carbocycles. The molecule has 0 bridgehead atoms. The van der Waals surface area contributed by atoms with Crippen LogP contribution in [0.2, 0.25) is 5.02 Å². The van der Waals surface area contributed by atoms with Gasteiger partial charge in [-0.25, -0.2) is 4.98 Å². The van der Waals surface area contributed by atoms with Crippen molar-refractivity contribution in [3.05, 3.63) is 52.7 Å². The van der Waals surface area contributed by atoms with E-state index in [1.807, 2.05) is 30.1 Å². The first-order valence-corrected chi connectivity index (χ1v) is 8.59. The zero-order chi connectivity index (χ0) is 15.8. The van der Waals surface area contributed by atoms with Crippen LogP contribution in [0.4, 0.5) is 0 Å². The van der Waals surface area contributed by atoms with Gasteiger partial charge in [-0.1, -0.05) is 23.7 Å². The molecule has 5 heteroatoms. The lowest BCUT2D eigenvalue weighted by molar-refractivity contribution is 0.455. The van der Waals surface area contributed by atoms with Crippen molar-refractivity contribution in [1.82, 2.24) is 19.9 Å². The largest absolute Gasteiger partial charge is 0.356 e. The van der Waals surface area contributed by atoms with Crippen LogP contribution < -0.4 is 5.32 Å². The fourth-order valence-electron chi connectivity index (χ4n) is 3.63. The van der Waals surface area contributed by atoms with Crippen molar-refractivity contribution >= 4 is 22.5 Å². The second-order valence-corrected chi connectivity index (χ2v) is 6.77. The number of hydrogen-bond acceptors (Lipinski definition) is 2. The number of imidazole rings is 1. The molecule has 3 aromatic rings. The normalized spacial score (nSPS) is 17.6. The van der Waals surface area contributed by atoms with Gasteiger partial charge in [0, 0.05) is 43.3 Å². The number of nitrogens with zero attached hydrogens (tertiary/aromatic N) is 2. The quantitative estimate of drug-likeness (QED) is 0.766. The van der Waals surface area contributed by atoms with Crippen molar-refractivity contribution in [2.75, 3.05) is 6.54 Å². The summed E-state index contributed by atoms with van der Waals surface area (Å²) >= 11 is 6.35. The molecule has 0 saturated heterocycles. The lowest BCUT2D eigenvalue weighted by Crippen LogP contribution is -2.27. The number of fused-ring (bicyclic) bond motifs is 3. The van der Waals surface area contributed by atoms with Gasteiger partial charge in [0.25, 0.3) is 0 Å². The number of aryl methyl sites for hydroxylation is 2. The van der Waals surface area contributed by atoms with Crippen LogP contribution in [-0.2, 0) is 19.9 Å². The van der Waals surface area contributed by atoms with E-state index < -0.39 is 0 Å². The van der Waals surface area contributed by atoms with E-state index in [4.69, 9.17) is 11.6 Å². The molecule has 1 aromatic carbocycles. The molecule has 1 aliphatic rings. The van der Waals surface area contributed by atoms with E-state index in [0.29, 0.717) is 6.04 Å². The van der Waals surface area contributed by atoms with Gasteiger partial charge >= 0.3 is 0 Å². The summed E-state index contributed by atoms with van der Waals surface area (Å²) in [6.45, 7) is 0.935. The summed E-state index contributed by atoms with van der Waals surface area (Å²) in [5.74, 6) is 0. The van der Waals surface area contributed by atoms with E-state index in [1.54, 1.807) is 0 Å². The minimum absolute atomic E-state index is 0.380. The number of aromatic nitrogens is 3. The van der Waals surface area contributed by atoms with Crippen LogP contribution in [-0.4, -0.2) is 21.1 Å². The number of benzene rings is 1. The third kappa shape index (κ3) is 2.77. The summed E-state index contributed by atoms with van der Waals surface area (Å²) in [5.41, 5.74) is 4.97. The molecule has 0 amide bonds. The lowest BCUT2D eigenvalue weighted by atomic mass is 9.91. The Morgan fingerprint density at radius 3 is 3.17 bits per heavy atom. The van der Waals surface area contributed by atoms with Gasteiger partial charge < -0.3 is 14.9 Å². The maximum atomic E-state index is 6.35. The Morgan fingerprint density at radius 2 is 2.35 bits per heavy atom. The molecule has 0 spiro atoms. The second kappa shape index (κ2) is 6.02. The molecule has 0 radical (unpaired) electrons. The zero-order valence-electron chi connectivity index (χ0n) is 13.3. The van der Waals surface area contributed by atoms with E-state index >= 15 is 0 Å². The van der Waals surface area contributed by atoms with E-state index in [9.17, 15) is 0 Å². The molecule has 23 heavy (non-hydrogen) atoms. The number of nitrogens with one attached hydrogen (secondary N) is 2. The van der Waals surface area contributed by atoms with Crippen molar-refractivity contribution in [1.29, 1.82) is 0 Å². The summed E-state index contributed by atoms with van der Waals surface area (Å²) in [7, 11) is 2.01. The molecule has 0 saturated carbocycles. The Kier molecular flexibility index (Phi) is 3.87. The third-order valence-electron chi connectivity index (χ3n) is 4.72. The van der Waals surface area contributed by atoms with Crippen molar-refractivity contribution in [2.24, 2.45) is 7.05 Å². The van der Waals surface area contributed by atoms with Gasteiger partial charge in [0.15, 0.2) is 0 Å². The van der Waals surface area contributed by atoms with Gasteiger partial charge in [0.1, 0.15) is 0 Å². The first kappa shape index (κ1) is 14.8. The molecular formula is C18H21ClN4. The molecule has 0 fully saturated rings. The predicted octanol–water partition coefficient (Wildman–Crippen LogP) is 3.76. The number of hydrogen-bond donors (Lipinski definition) is 2. The van der Waals surface area contributed by atoms with Crippen LogP contribution in [0.15, 0.2) is 30.7 Å². The standard InChI is InChI=1S/C18H21ClN4/c1-23-10-12(21-11-23)8-9-20-16-7-3-5-14-13-4-2-6-15(19)17(13)22-18(14)16/h2,4,6,10-11,16,20,22H,3,5,7-9H2,1H3. The van der Waals surface area contributed by atoms with Crippen LogP contribution >= 0.6 is 11.6 Å². The van der Waals surface area contributed by atoms with E-state index in [2.05, 4.69) is 27.5 Å². The summed E-state index contributed by atoms with van der Waals surface area (Å²) in [4.78, 5) is 7.96. The van der Waals surface area contributed by atoms with Crippen LogP contribution in [0.5, 0.6) is 0 Å². The van der Waals surface area contributed by atoms with E-state index in [1.165, 1.54) is 29.5 Å². The average molecular weight is 329 g/mol. The first-order valence-electron chi connectivity index (χ1n) is 8.21. The minimum Gasteiger partial charge on any atom is -0.356 e. The van der Waals surface area contributed by atoms with Crippen LogP contribution in [0.3, 0.4) is 0 Å². The molecule has 2 heterocycles. The summed E-state index contributed by atoms with van der Waals surface area (Å²) in [5, 5.41) is 5.78. The Hall–Kier alpha value is -1.78. The molecular weight excluding hydrogens is 308 g/mol. The van der Waals surface area contributed by atoms with Gasteiger partial charge in [-0.15, -0.1) is 0 Å². The Labute approximate surface area is 140 Å². The van der Waals surface area contributed by atoms with E-state index in [0.717, 1.165) is 35.6 Å². The molecule has 4 rings (SSSR count). The number of para-hydroxylation sites is 1. The van der Waals surface area contributed by atoms with Gasteiger partial charge in [0.05, 0.1) is 22.6 Å². The van der Waals surface area contributed by atoms with Gasteiger partial charge in [0.2, 0.25) is 0 Å². The fourth-order valence-corrected chi connectivity index (χ4v) is 3.85. The Balaban J connectivity index is 1.53. The van der Waals surface area contributed by atoms with Crippen LogP contribution in [0, 0.1) is 0 Å². The van der Waals surface area contributed by atoms with Crippen LogP contribution in [0.1, 0.15) is 35.8 Å². The third-order valence-corrected chi connectivity index (χ3v) is 5.04. The maximum Gasteiger partial charge on any atom is 0.0946 e. The van der Waals surface area contributed by atoms with Crippen molar-refractivity contribution < 1.29 is 0 Å². The van der Waals surface area contributed by atoms with Gasteiger partial charge in [-0.2, -0.15) is 0 Å². The van der Waals surface area contributed by atoms with Gasteiger partial charge in [-0.05, 0) is 30.9 Å². The highest BCUT2D eigenvalue weighted by atomic mass is 35.5. The summed E-state index contributed by atoms with van der Waals surface area (Å²) < 4.78 is 1.99. The van der Waals surface area contributed by atoms with Crippen LogP contribution in [0.25, 0.3) is 10.9 Å². The Morgan fingerprint density at radius 1 is 1.43 bits per heavy atom. The number of rotatable bonds is 4. The minimum atomic E-state index is 0.380. The average Bonchev–Trinajstić information content (AvgIpc) is 3.13. The topological polar surface area (TPSA) is 45.6 Å². The number of H-pyrrole nitrogens is 1. The predicted molar refractivity (Wildman–Crippen MR) is 93.9 cm³/mol. The monoisotopic (exact) mass is 328 g/mol. The molecule has 1 unspecified atom stereocenters. The highest BCUT2D eigenvalue weighted by Gasteiger charge is 2.24. The molecule has 2 N–H and O–H groups in total. The SMILES string of the molecule is Cn1cnc(CCNC2CCCc3c2[nH]c2c(Cl)cccc32)c1. The summed E-state index contributed by atoms with van der Waals surface area (Å²) in [6.07, 6.45) is 8.40. The lowest BCUT2D eigenvalue weighted by Gasteiger charge is -2.23. The highest BCUT2D eigenvalue weighted by molar-refractivity contribution is 6.35. The zero-order valence-corrected chi connectivity index (χ0v) is 14.0. The first-order chi connectivity index (χ1) is 11.2. The second-order valence-electron chi connectivity index (χ2n) is 6.36. The maximum absolute atomic E-state index is 6.35. The summed E-state index contributed by atoms with van der Waals surface area (Å²) in [6, 6.07) is 6.55. The molecule has 0 aliphatic heterocycles. The molecule has 120 valence electrons. The number of halogens is 1. The molecule has 1 atom stereocenters. The molecule has 4 nitrogen and oxygen atoms in total. The highest BCUT2D eigenvalue weighted by Crippen LogP contribution is 2.36. The van der Waals surface area contributed by atoms with Crippen molar-refractivity contribution in [3.8, 4) is 0 Å².